The molecule has 0 heterocycles. The summed E-state index contributed by atoms with van der Waals surface area (Å²) in [5.74, 6) is -0.311. The van der Waals surface area contributed by atoms with Crippen molar-refractivity contribution >= 4 is 11.6 Å². The molecule has 1 atom stereocenters. The average Bonchev–Trinajstić information content (AvgIpc) is 2.38. The van der Waals surface area contributed by atoms with Crippen LogP contribution >= 0.6 is 11.6 Å². The molecular formula is C14H21ClFNO. The molecule has 0 fully saturated rings. The van der Waals surface area contributed by atoms with Gasteiger partial charge in [-0.05, 0) is 37.9 Å². The minimum atomic E-state index is -0.311. The lowest BCUT2D eigenvalue weighted by molar-refractivity contribution is 0.125. The van der Waals surface area contributed by atoms with Crippen LogP contribution in [0.1, 0.15) is 25.3 Å². The lowest BCUT2D eigenvalue weighted by Gasteiger charge is -2.17. The van der Waals surface area contributed by atoms with Gasteiger partial charge in [-0.2, -0.15) is 0 Å². The average molecular weight is 274 g/mol. The quantitative estimate of drug-likeness (QED) is 0.733. The monoisotopic (exact) mass is 273 g/mol. The number of rotatable bonds is 8. The fourth-order valence-corrected chi connectivity index (χ4v) is 1.99. The molecule has 102 valence electrons. The van der Waals surface area contributed by atoms with E-state index in [2.05, 4.69) is 12.2 Å². The molecule has 0 spiro atoms. The van der Waals surface area contributed by atoms with Crippen LogP contribution in [-0.2, 0) is 11.2 Å². The van der Waals surface area contributed by atoms with Crippen molar-refractivity contribution in [1.82, 2.24) is 5.32 Å². The van der Waals surface area contributed by atoms with Gasteiger partial charge in [0.25, 0.3) is 0 Å². The van der Waals surface area contributed by atoms with E-state index in [4.69, 9.17) is 16.3 Å². The number of halogens is 2. The zero-order valence-corrected chi connectivity index (χ0v) is 11.8. The zero-order valence-electron chi connectivity index (χ0n) is 11.0. The van der Waals surface area contributed by atoms with Crippen molar-refractivity contribution in [1.29, 1.82) is 0 Å². The first-order valence-electron chi connectivity index (χ1n) is 6.37. The molecule has 1 aromatic rings. The summed E-state index contributed by atoms with van der Waals surface area (Å²) in [6, 6.07) is 5.33. The fraction of sp³-hybridized carbons (Fsp3) is 0.571. The first-order chi connectivity index (χ1) is 8.69. The predicted molar refractivity (Wildman–Crippen MR) is 73.7 cm³/mol. The molecule has 0 saturated carbocycles. The lowest BCUT2D eigenvalue weighted by atomic mass is 10.0. The zero-order chi connectivity index (χ0) is 13.4. The summed E-state index contributed by atoms with van der Waals surface area (Å²) in [5, 5.41) is 3.37. The van der Waals surface area contributed by atoms with E-state index >= 15 is 0 Å². The molecule has 1 unspecified atom stereocenters. The highest BCUT2D eigenvalue weighted by molar-refractivity contribution is 6.30. The van der Waals surface area contributed by atoms with E-state index in [0.29, 0.717) is 18.6 Å². The van der Waals surface area contributed by atoms with E-state index in [1.165, 1.54) is 0 Å². The van der Waals surface area contributed by atoms with Gasteiger partial charge in [-0.15, -0.1) is 0 Å². The van der Waals surface area contributed by atoms with Crippen LogP contribution in [0, 0.1) is 5.82 Å². The van der Waals surface area contributed by atoms with Crippen molar-refractivity contribution in [3.63, 3.8) is 0 Å². The smallest absolute Gasteiger partial charge is 0.145 e. The number of hydrogen-bond acceptors (Lipinski definition) is 2. The van der Waals surface area contributed by atoms with Crippen molar-refractivity contribution in [3.05, 3.63) is 34.6 Å². The highest BCUT2D eigenvalue weighted by Crippen LogP contribution is 2.19. The third kappa shape index (κ3) is 4.92. The van der Waals surface area contributed by atoms with Gasteiger partial charge in [-0.1, -0.05) is 30.7 Å². The molecule has 1 N–H and O–H groups in total. The Hall–Kier alpha value is -0.640. The van der Waals surface area contributed by atoms with Gasteiger partial charge in [-0.3, -0.25) is 0 Å². The van der Waals surface area contributed by atoms with E-state index in [9.17, 15) is 4.39 Å². The number of likely N-dealkylation sites (N-methyl/N-ethyl adjacent to an activating group) is 1. The fourth-order valence-electron chi connectivity index (χ4n) is 1.79. The van der Waals surface area contributed by atoms with Gasteiger partial charge in [0.2, 0.25) is 0 Å². The van der Waals surface area contributed by atoms with Crippen LogP contribution in [0.15, 0.2) is 18.2 Å². The van der Waals surface area contributed by atoms with Crippen LogP contribution in [0.4, 0.5) is 4.39 Å². The highest BCUT2D eigenvalue weighted by Gasteiger charge is 2.12. The van der Waals surface area contributed by atoms with Crippen LogP contribution in [0.2, 0.25) is 5.02 Å². The van der Waals surface area contributed by atoms with Gasteiger partial charge in [-0.25, -0.2) is 4.39 Å². The van der Waals surface area contributed by atoms with Gasteiger partial charge in [0, 0.05) is 19.3 Å². The standard InChI is InChI=1S/C14H21ClFNO/c1-3-8-18-9-7-12(17-2)10-11-5-4-6-13(15)14(11)16/h4-6,12,17H,3,7-10H2,1-2H3. The summed E-state index contributed by atoms with van der Waals surface area (Å²) in [6.45, 7) is 3.56. The Labute approximate surface area is 113 Å². The molecule has 0 bridgehead atoms. The summed E-state index contributed by atoms with van der Waals surface area (Å²) < 4.78 is 19.2. The first kappa shape index (κ1) is 15.4. The summed E-state index contributed by atoms with van der Waals surface area (Å²) >= 11 is 5.77. The molecule has 0 amide bonds. The largest absolute Gasteiger partial charge is 0.381 e. The van der Waals surface area contributed by atoms with Crippen molar-refractivity contribution in [2.75, 3.05) is 20.3 Å². The molecule has 0 aliphatic heterocycles. The topological polar surface area (TPSA) is 21.3 Å². The molecule has 0 radical (unpaired) electrons. The van der Waals surface area contributed by atoms with Gasteiger partial charge >= 0.3 is 0 Å². The molecule has 0 aliphatic rings. The van der Waals surface area contributed by atoms with E-state index in [0.717, 1.165) is 19.4 Å². The Morgan fingerprint density at radius 3 is 2.83 bits per heavy atom. The minimum absolute atomic E-state index is 0.185. The van der Waals surface area contributed by atoms with Crippen LogP contribution in [0.3, 0.4) is 0 Å². The second-order valence-corrected chi connectivity index (χ2v) is 4.71. The van der Waals surface area contributed by atoms with Crippen LogP contribution in [0.25, 0.3) is 0 Å². The maximum absolute atomic E-state index is 13.8. The molecular weight excluding hydrogens is 253 g/mol. The van der Waals surface area contributed by atoms with E-state index in [-0.39, 0.29) is 16.9 Å². The Morgan fingerprint density at radius 2 is 2.17 bits per heavy atom. The summed E-state index contributed by atoms with van der Waals surface area (Å²) in [4.78, 5) is 0. The van der Waals surface area contributed by atoms with E-state index in [1.54, 1.807) is 18.2 Å². The molecule has 0 saturated heterocycles. The first-order valence-corrected chi connectivity index (χ1v) is 6.74. The molecule has 4 heteroatoms. The van der Waals surface area contributed by atoms with Crippen molar-refractivity contribution < 1.29 is 9.13 Å². The summed E-state index contributed by atoms with van der Waals surface area (Å²) in [5.41, 5.74) is 0.650. The Bertz CT molecular complexity index is 360. The predicted octanol–water partition coefficient (Wildman–Crippen LogP) is 3.43. The number of nitrogens with one attached hydrogen (secondary N) is 1. The minimum Gasteiger partial charge on any atom is -0.381 e. The second kappa shape index (κ2) is 8.46. The van der Waals surface area contributed by atoms with Crippen LogP contribution in [-0.4, -0.2) is 26.3 Å². The van der Waals surface area contributed by atoms with Gasteiger partial charge in [0.15, 0.2) is 0 Å². The SMILES string of the molecule is CCCOCCC(Cc1cccc(Cl)c1F)NC. The molecule has 18 heavy (non-hydrogen) atoms. The van der Waals surface area contributed by atoms with Gasteiger partial charge in [0.05, 0.1) is 5.02 Å². The van der Waals surface area contributed by atoms with Gasteiger partial charge in [0.1, 0.15) is 5.82 Å². The Morgan fingerprint density at radius 1 is 1.39 bits per heavy atom. The molecule has 0 aliphatic carbocycles. The van der Waals surface area contributed by atoms with E-state index in [1.807, 2.05) is 7.05 Å². The molecule has 1 aromatic carbocycles. The normalized spacial score (nSPS) is 12.7. The summed E-state index contributed by atoms with van der Waals surface area (Å²) in [6.07, 6.45) is 2.51. The number of hydrogen-bond donors (Lipinski definition) is 1. The molecule has 1 rings (SSSR count). The molecule has 0 aromatic heterocycles. The van der Waals surface area contributed by atoms with Gasteiger partial charge < -0.3 is 10.1 Å². The Kier molecular flexibility index (Phi) is 7.25. The second-order valence-electron chi connectivity index (χ2n) is 4.30. The third-order valence-electron chi connectivity index (χ3n) is 2.87. The lowest BCUT2D eigenvalue weighted by Crippen LogP contribution is -2.29. The maximum atomic E-state index is 13.8. The number of ether oxygens (including phenoxy) is 1. The van der Waals surface area contributed by atoms with Crippen molar-refractivity contribution in [3.8, 4) is 0 Å². The van der Waals surface area contributed by atoms with E-state index < -0.39 is 0 Å². The molecule has 2 nitrogen and oxygen atoms in total. The number of benzene rings is 1. The van der Waals surface area contributed by atoms with Crippen LogP contribution < -0.4 is 5.32 Å². The highest BCUT2D eigenvalue weighted by atomic mass is 35.5. The van der Waals surface area contributed by atoms with Crippen molar-refractivity contribution in [2.24, 2.45) is 0 Å². The Balaban J connectivity index is 2.49. The van der Waals surface area contributed by atoms with Crippen molar-refractivity contribution in [2.45, 2.75) is 32.2 Å². The third-order valence-corrected chi connectivity index (χ3v) is 3.16. The summed E-state index contributed by atoms with van der Waals surface area (Å²) in [7, 11) is 1.88. The maximum Gasteiger partial charge on any atom is 0.145 e. The van der Waals surface area contributed by atoms with Crippen LogP contribution in [0.5, 0.6) is 0 Å².